The Morgan fingerprint density at radius 3 is 2.36 bits per heavy atom. The molecule has 1 saturated heterocycles. The number of halogens is 1. The summed E-state index contributed by atoms with van der Waals surface area (Å²) in [6, 6.07) is 20.2. The second-order valence-corrected chi connectivity index (χ2v) is 9.68. The third-order valence-electron chi connectivity index (χ3n) is 6.07. The molecule has 5 rings (SSSR count). The van der Waals surface area contributed by atoms with Crippen molar-refractivity contribution in [1.82, 2.24) is 4.90 Å². The molecule has 2 aliphatic rings. The van der Waals surface area contributed by atoms with E-state index in [1.165, 1.54) is 0 Å². The molecule has 0 spiro atoms. The van der Waals surface area contributed by atoms with Gasteiger partial charge in [-0.3, -0.25) is 9.29 Å². The number of phenols is 2. The molecular weight excluding hydrogens is 441 g/mol. The number of likely N-dealkylation sites (tertiary alicyclic amines) is 1. The second kappa shape index (κ2) is 9.53. The number of benzene rings is 3. The molecule has 2 aliphatic heterocycles. The Labute approximate surface area is 196 Å². The average Bonchev–Trinajstić information content (AvgIpc) is 2.80. The minimum Gasteiger partial charge on any atom is -0.508 e. The molecule has 0 amide bonds. The molecule has 33 heavy (non-hydrogen) atoms. The topological polar surface area (TPSA) is 62.2 Å². The fourth-order valence-corrected chi connectivity index (χ4v) is 5.56. The van der Waals surface area contributed by atoms with Crippen molar-refractivity contribution in [3.05, 3.63) is 77.9 Å². The van der Waals surface area contributed by atoms with Gasteiger partial charge < -0.3 is 19.7 Å². The maximum atomic E-state index is 12.6. The molecule has 1 fully saturated rings. The Bertz CT molecular complexity index is 1090. The van der Waals surface area contributed by atoms with Gasteiger partial charge in [0.25, 0.3) is 0 Å². The highest BCUT2D eigenvalue weighted by Gasteiger charge is 2.33. The van der Waals surface area contributed by atoms with Crippen LogP contribution in [0.4, 0.5) is 4.39 Å². The van der Waals surface area contributed by atoms with Crippen LogP contribution in [0.2, 0.25) is 0 Å². The van der Waals surface area contributed by atoms with E-state index in [-0.39, 0.29) is 35.4 Å². The molecule has 7 heteroatoms. The van der Waals surface area contributed by atoms with Crippen molar-refractivity contribution < 1.29 is 24.1 Å². The van der Waals surface area contributed by atoms with Crippen molar-refractivity contribution in [2.45, 2.75) is 16.2 Å². The Morgan fingerprint density at radius 2 is 1.64 bits per heavy atom. The van der Waals surface area contributed by atoms with E-state index in [0.29, 0.717) is 6.61 Å². The minimum atomic E-state index is -0.246. The molecule has 0 saturated carbocycles. The quantitative estimate of drug-likeness (QED) is 0.489. The molecular formula is C26H26FNO4S. The van der Waals surface area contributed by atoms with Crippen LogP contribution in [0.25, 0.3) is 0 Å². The van der Waals surface area contributed by atoms with Gasteiger partial charge in [0.1, 0.15) is 35.7 Å². The Hall–Kier alpha value is -2.90. The first-order valence-corrected chi connectivity index (χ1v) is 11.9. The lowest BCUT2D eigenvalue weighted by molar-refractivity contribution is 0.0668. The average molecular weight is 468 g/mol. The molecule has 5 nitrogen and oxygen atoms in total. The van der Waals surface area contributed by atoms with Crippen molar-refractivity contribution in [2.24, 2.45) is 5.92 Å². The Morgan fingerprint density at radius 1 is 0.939 bits per heavy atom. The minimum absolute atomic E-state index is 0.0541. The zero-order valence-electron chi connectivity index (χ0n) is 18.1. The summed E-state index contributed by atoms with van der Waals surface area (Å²) in [6.45, 7) is 2.76. The summed E-state index contributed by atoms with van der Waals surface area (Å²) >= 11 is 1.64. The lowest BCUT2D eigenvalue weighted by atomic mass is 10.00. The van der Waals surface area contributed by atoms with E-state index < -0.39 is 0 Å². The van der Waals surface area contributed by atoms with Gasteiger partial charge in [-0.1, -0.05) is 24.3 Å². The van der Waals surface area contributed by atoms with Gasteiger partial charge in [0, 0.05) is 25.6 Å². The van der Waals surface area contributed by atoms with Gasteiger partial charge in [-0.05, 0) is 53.6 Å². The van der Waals surface area contributed by atoms with E-state index in [4.69, 9.17) is 9.47 Å². The number of rotatable bonds is 7. The fraction of sp³-hybridized carbons (Fsp3) is 0.308. The first kappa shape index (κ1) is 21.9. The zero-order chi connectivity index (χ0) is 22.8. The molecule has 0 bridgehead atoms. The number of fused-ring (bicyclic) bond motifs is 1. The summed E-state index contributed by atoms with van der Waals surface area (Å²) in [5.41, 5.74) is 2.04. The van der Waals surface area contributed by atoms with Crippen molar-refractivity contribution in [1.29, 1.82) is 0 Å². The first-order chi connectivity index (χ1) is 16.1. The standard InChI is InChI=1S/C26H26FNO4S/c27-14-17-15-28(16-17)11-12-31-22-8-3-18(4-9-22)25-26(19-1-5-20(29)6-2-19)33-24-13-21(30)7-10-23(24)32-25/h1-10,13,17,25-26,29-30H,11-12,14-16H2/t25-,26+/m0/s1. The summed E-state index contributed by atoms with van der Waals surface area (Å²) in [6.07, 6.45) is -0.246. The van der Waals surface area contributed by atoms with Gasteiger partial charge in [0.05, 0.1) is 16.8 Å². The zero-order valence-corrected chi connectivity index (χ0v) is 18.9. The normalized spacial score (nSPS) is 20.5. The third-order valence-corrected chi connectivity index (χ3v) is 7.41. The number of thioether (sulfide) groups is 1. The summed E-state index contributed by atoms with van der Waals surface area (Å²) < 4.78 is 24.8. The molecule has 3 aromatic rings. The molecule has 2 heterocycles. The summed E-state index contributed by atoms with van der Waals surface area (Å²) in [7, 11) is 0. The van der Waals surface area contributed by atoms with Crippen molar-refractivity contribution in [2.75, 3.05) is 32.9 Å². The molecule has 0 radical (unpaired) electrons. The highest BCUT2D eigenvalue weighted by molar-refractivity contribution is 7.99. The van der Waals surface area contributed by atoms with Crippen LogP contribution in [0.1, 0.15) is 22.5 Å². The van der Waals surface area contributed by atoms with Gasteiger partial charge in [-0.2, -0.15) is 0 Å². The van der Waals surface area contributed by atoms with E-state index in [9.17, 15) is 14.6 Å². The predicted octanol–water partition coefficient (Wildman–Crippen LogP) is 5.35. The lowest BCUT2D eigenvalue weighted by Crippen LogP contribution is -2.49. The van der Waals surface area contributed by atoms with Crippen molar-refractivity contribution in [3.63, 3.8) is 0 Å². The van der Waals surface area contributed by atoms with Crippen LogP contribution in [0.15, 0.2) is 71.6 Å². The fourth-order valence-electron chi connectivity index (χ4n) is 4.24. The first-order valence-electron chi connectivity index (χ1n) is 11.1. The number of alkyl halides is 1. The summed E-state index contributed by atoms with van der Waals surface area (Å²) in [4.78, 5) is 3.08. The Kier molecular flexibility index (Phi) is 6.33. The molecule has 0 aromatic heterocycles. The molecule has 3 aromatic carbocycles. The number of phenolic OH excluding ortho intramolecular Hbond substituents is 2. The van der Waals surface area contributed by atoms with Crippen LogP contribution in [-0.4, -0.2) is 48.0 Å². The van der Waals surface area contributed by atoms with Crippen LogP contribution in [-0.2, 0) is 0 Å². The highest BCUT2D eigenvalue weighted by atomic mass is 32.2. The van der Waals surface area contributed by atoms with E-state index in [1.807, 2.05) is 36.4 Å². The third kappa shape index (κ3) is 4.89. The van der Waals surface area contributed by atoms with Gasteiger partial charge in [0.15, 0.2) is 0 Å². The molecule has 2 atom stereocenters. The molecule has 0 unspecified atom stereocenters. The van der Waals surface area contributed by atoms with Crippen molar-refractivity contribution in [3.8, 4) is 23.0 Å². The largest absolute Gasteiger partial charge is 0.508 e. The predicted molar refractivity (Wildman–Crippen MR) is 126 cm³/mol. The maximum Gasteiger partial charge on any atom is 0.140 e. The van der Waals surface area contributed by atoms with E-state index in [0.717, 1.165) is 47.2 Å². The summed E-state index contributed by atoms with van der Waals surface area (Å²) in [5.74, 6) is 2.13. The monoisotopic (exact) mass is 467 g/mol. The van der Waals surface area contributed by atoms with Gasteiger partial charge in [-0.15, -0.1) is 11.8 Å². The number of nitrogens with zero attached hydrogens (tertiary/aromatic N) is 1. The van der Waals surface area contributed by atoms with E-state index in [2.05, 4.69) is 4.90 Å². The van der Waals surface area contributed by atoms with Gasteiger partial charge >= 0.3 is 0 Å². The van der Waals surface area contributed by atoms with Gasteiger partial charge in [0.2, 0.25) is 0 Å². The molecule has 2 N–H and O–H groups in total. The number of aromatic hydroxyl groups is 2. The molecule has 172 valence electrons. The maximum absolute atomic E-state index is 12.6. The summed E-state index contributed by atoms with van der Waals surface area (Å²) in [5, 5.41) is 19.6. The smallest absolute Gasteiger partial charge is 0.140 e. The second-order valence-electron chi connectivity index (χ2n) is 8.50. The number of hydrogen-bond acceptors (Lipinski definition) is 6. The van der Waals surface area contributed by atoms with E-state index in [1.54, 1.807) is 42.1 Å². The lowest BCUT2D eigenvalue weighted by Gasteiger charge is -2.37. The van der Waals surface area contributed by atoms with Crippen LogP contribution < -0.4 is 9.47 Å². The number of hydrogen-bond donors (Lipinski definition) is 2. The Balaban J connectivity index is 1.31. The SMILES string of the molecule is Oc1ccc([C@H]2Sc3cc(O)ccc3O[C@H]2c2ccc(OCCN3CC(CF)C3)cc2)cc1. The van der Waals surface area contributed by atoms with Gasteiger partial charge in [-0.25, -0.2) is 0 Å². The number of ether oxygens (including phenoxy) is 2. The molecule has 0 aliphatic carbocycles. The van der Waals surface area contributed by atoms with Crippen molar-refractivity contribution >= 4 is 11.8 Å². The van der Waals surface area contributed by atoms with Crippen LogP contribution >= 0.6 is 11.8 Å². The highest BCUT2D eigenvalue weighted by Crippen LogP contribution is 2.54. The van der Waals surface area contributed by atoms with Crippen LogP contribution in [0.3, 0.4) is 0 Å². The van der Waals surface area contributed by atoms with E-state index >= 15 is 0 Å². The van der Waals surface area contributed by atoms with Crippen LogP contribution in [0.5, 0.6) is 23.0 Å². The van der Waals surface area contributed by atoms with Crippen LogP contribution in [0, 0.1) is 5.92 Å².